The highest BCUT2D eigenvalue weighted by molar-refractivity contribution is 9.10. The van der Waals surface area contributed by atoms with Crippen LogP contribution in [-0.4, -0.2) is 5.11 Å². The van der Waals surface area contributed by atoms with Gasteiger partial charge in [-0.1, -0.05) is 34.1 Å². The molecule has 1 heterocycles. The second-order valence-corrected chi connectivity index (χ2v) is 4.58. The molecule has 0 bridgehead atoms. The van der Waals surface area contributed by atoms with Crippen molar-refractivity contribution >= 4 is 15.9 Å². The number of hydrogen-bond donors (Lipinski definition) is 2. The predicted octanol–water partition coefficient (Wildman–Crippen LogP) is 2.82. The van der Waals surface area contributed by atoms with Gasteiger partial charge >= 0.3 is 0 Å². The summed E-state index contributed by atoms with van der Waals surface area (Å²) < 4.78 is 6.48. The molecule has 2 N–H and O–H groups in total. The van der Waals surface area contributed by atoms with Gasteiger partial charge in [0.25, 0.3) is 0 Å². The Morgan fingerprint density at radius 2 is 1.82 bits per heavy atom. The molecule has 2 aromatic rings. The molecule has 1 aromatic carbocycles. The second-order valence-electron chi connectivity index (χ2n) is 3.72. The first-order chi connectivity index (χ1) is 8.29. The monoisotopic (exact) mass is 295 g/mol. The van der Waals surface area contributed by atoms with Crippen molar-refractivity contribution in [1.29, 1.82) is 0 Å². The van der Waals surface area contributed by atoms with Crippen molar-refractivity contribution in [2.45, 2.75) is 19.7 Å². The van der Waals surface area contributed by atoms with E-state index in [2.05, 4.69) is 27.3 Å². The Bertz CT molecular complexity index is 482. The number of aliphatic hydroxyl groups excluding tert-OH is 1. The fourth-order valence-electron chi connectivity index (χ4n) is 1.56. The maximum atomic E-state index is 8.87. The van der Waals surface area contributed by atoms with Crippen LogP contribution < -0.4 is 5.32 Å². The summed E-state index contributed by atoms with van der Waals surface area (Å²) >= 11 is 3.50. The number of benzene rings is 1. The SMILES string of the molecule is OCc1ccc(CNCc2ccccc2Br)o1. The molecule has 0 aliphatic carbocycles. The van der Waals surface area contributed by atoms with Gasteiger partial charge in [-0.25, -0.2) is 0 Å². The average molecular weight is 296 g/mol. The van der Waals surface area contributed by atoms with Crippen LogP contribution in [0.5, 0.6) is 0 Å². The average Bonchev–Trinajstić information content (AvgIpc) is 2.80. The molecule has 3 nitrogen and oxygen atoms in total. The normalized spacial score (nSPS) is 10.7. The quantitative estimate of drug-likeness (QED) is 0.892. The van der Waals surface area contributed by atoms with Crippen LogP contribution in [-0.2, 0) is 19.7 Å². The van der Waals surface area contributed by atoms with E-state index in [1.54, 1.807) is 6.07 Å². The van der Waals surface area contributed by atoms with Gasteiger partial charge in [0.1, 0.15) is 18.1 Å². The minimum absolute atomic E-state index is 0.0514. The van der Waals surface area contributed by atoms with Crippen molar-refractivity contribution in [2.75, 3.05) is 0 Å². The molecule has 4 heteroatoms. The lowest BCUT2D eigenvalue weighted by atomic mass is 10.2. The van der Waals surface area contributed by atoms with Gasteiger partial charge in [-0.15, -0.1) is 0 Å². The molecule has 0 unspecified atom stereocenters. The number of rotatable bonds is 5. The van der Waals surface area contributed by atoms with Gasteiger partial charge in [-0.3, -0.25) is 0 Å². The zero-order valence-electron chi connectivity index (χ0n) is 9.32. The van der Waals surface area contributed by atoms with E-state index in [4.69, 9.17) is 9.52 Å². The van der Waals surface area contributed by atoms with E-state index >= 15 is 0 Å². The molecule has 0 radical (unpaired) electrons. The summed E-state index contributed by atoms with van der Waals surface area (Å²) in [7, 11) is 0. The van der Waals surface area contributed by atoms with Gasteiger partial charge in [0.15, 0.2) is 0 Å². The van der Waals surface area contributed by atoms with Crippen molar-refractivity contribution in [3.05, 3.63) is 58.0 Å². The molecular weight excluding hydrogens is 282 g/mol. The highest BCUT2D eigenvalue weighted by atomic mass is 79.9. The molecule has 2 rings (SSSR count). The van der Waals surface area contributed by atoms with Crippen molar-refractivity contribution in [3.8, 4) is 0 Å². The summed E-state index contributed by atoms with van der Waals surface area (Å²) in [6.45, 7) is 1.38. The van der Waals surface area contributed by atoms with E-state index in [0.29, 0.717) is 12.3 Å². The Morgan fingerprint density at radius 3 is 2.53 bits per heavy atom. The van der Waals surface area contributed by atoms with E-state index in [1.165, 1.54) is 5.56 Å². The van der Waals surface area contributed by atoms with E-state index in [9.17, 15) is 0 Å². The Hall–Kier alpha value is -1.10. The maximum Gasteiger partial charge on any atom is 0.129 e. The topological polar surface area (TPSA) is 45.4 Å². The first kappa shape index (κ1) is 12.4. The lowest BCUT2D eigenvalue weighted by Crippen LogP contribution is -2.12. The fourth-order valence-corrected chi connectivity index (χ4v) is 1.99. The largest absolute Gasteiger partial charge is 0.462 e. The summed E-state index contributed by atoms with van der Waals surface area (Å²) in [6.07, 6.45) is 0. The molecule has 0 spiro atoms. The number of hydrogen-bond acceptors (Lipinski definition) is 3. The van der Waals surface area contributed by atoms with Gasteiger partial charge in [-0.2, -0.15) is 0 Å². The van der Waals surface area contributed by atoms with Crippen LogP contribution in [0.15, 0.2) is 45.3 Å². The molecule has 0 fully saturated rings. The molecule has 0 saturated carbocycles. The second kappa shape index (κ2) is 6.00. The molecule has 0 saturated heterocycles. The first-order valence-corrected chi connectivity index (χ1v) is 6.21. The van der Waals surface area contributed by atoms with Crippen molar-refractivity contribution in [3.63, 3.8) is 0 Å². The highest BCUT2D eigenvalue weighted by Crippen LogP contribution is 2.15. The minimum Gasteiger partial charge on any atom is -0.462 e. The van der Waals surface area contributed by atoms with Crippen LogP contribution in [0.4, 0.5) is 0 Å². The van der Waals surface area contributed by atoms with Crippen LogP contribution in [0, 0.1) is 0 Å². The maximum absolute atomic E-state index is 8.87. The van der Waals surface area contributed by atoms with Gasteiger partial charge < -0.3 is 14.8 Å². The van der Waals surface area contributed by atoms with Crippen LogP contribution in [0.1, 0.15) is 17.1 Å². The van der Waals surface area contributed by atoms with Gasteiger partial charge in [-0.05, 0) is 23.8 Å². The predicted molar refractivity (Wildman–Crippen MR) is 69.3 cm³/mol. The van der Waals surface area contributed by atoms with Crippen LogP contribution in [0.3, 0.4) is 0 Å². The molecule has 1 aromatic heterocycles. The molecule has 0 aliphatic heterocycles. The Labute approximate surface area is 109 Å². The third-order valence-electron chi connectivity index (χ3n) is 2.45. The summed E-state index contributed by atoms with van der Waals surface area (Å²) in [5.74, 6) is 1.43. The number of nitrogens with one attached hydrogen (secondary N) is 1. The first-order valence-electron chi connectivity index (χ1n) is 5.42. The zero-order chi connectivity index (χ0) is 12.1. The third-order valence-corrected chi connectivity index (χ3v) is 3.22. The molecule has 0 aliphatic rings. The standard InChI is InChI=1S/C13H14BrNO2/c14-13-4-2-1-3-10(13)7-15-8-11-5-6-12(9-16)17-11/h1-6,15-16H,7-9H2. The van der Waals surface area contributed by atoms with E-state index in [1.807, 2.05) is 24.3 Å². The number of aliphatic hydroxyl groups is 1. The van der Waals surface area contributed by atoms with Gasteiger partial charge in [0, 0.05) is 11.0 Å². The van der Waals surface area contributed by atoms with E-state index < -0.39 is 0 Å². The Kier molecular flexibility index (Phi) is 4.36. The molecule has 17 heavy (non-hydrogen) atoms. The third kappa shape index (κ3) is 3.43. The van der Waals surface area contributed by atoms with E-state index in [-0.39, 0.29) is 6.61 Å². The van der Waals surface area contributed by atoms with Crippen LogP contribution in [0.25, 0.3) is 0 Å². The zero-order valence-corrected chi connectivity index (χ0v) is 10.9. The lowest BCUT2D eigenvalue weighted by molar-refractivity contribution is 0.242. The molecule has 90 valence electrons. The summed E-state index contributed by atoms with van der Waals surface area (Å²) in [5.41, 5.74) is 1.21. The summed E-state index contributed by atoms with van der Waals surface area (Å²) in [5, 5.41) is 12.2. The van der Waals surface area contributed by atoms with Crippen molar-refractivity contribution in [1.82, 2.24) is 5.32 Å². The summed E-state index contributed by atoms with van der Waals surface area (Å²) in [6, 6.07) is 11.8. The Morgan fingerprint density at radius 1 is 1.06 bits per heavy atom. The van der Waals surface area contributed by atoms with E-state index in [0.717, 1.165) is 16.8 Å². The molecule has 0 amide bonds. The van der Waals surface area contributed by atoms with Gasteiger partial charge in [0.05, 0.1) is 6.54 Å². The molecule has 0 atom stereocenters. The summed E-state index contributed by atoms with van der Waals surface area (Å²) in [4.78, 5) is 0. The number of furan rings is 1. The minimum atomic E-state index is -0.0514. The molecular formula is C13H14BrNO2. The van der Waals surface area contributed by atoms with Crippen molar-refractivity contribution in [2.24, 2.45) is 0 Å². The van der Waals surface area contributed by atoms with Gasteiger partial charge in [0.2, 0.25) is 0 Å². The number of halogens is 1. The fraction of sp³-hybridized carbons (Fsp3) is 0.231. The highest BCUT2D eigenvalue weighted by Gasteiger charge is 2.01. The van der Waals surface area contributed by atoms with Crippen molar-refractivity contribution < 1.29 is 9.52 Å². The Balaban J connectivity index is 1.85. The van der Waals surface area contributed by atoms with Crippen LogP contribution >= 0.6 is 15.9 Å². The van der Waals surface area contributed by atoms with Crippen LogP contribution in [0.2, 0.25) is 0 Å². The lowest BCUT2D eigenvalue weighted by Gasteiger charge is -2.05. The smallest absolute Gasteiger partial charge is 0.129 e.